The molecule has 0 aromatic heterocycles. The Bertz CT molecular complexity index is 536. The van der Waals surface area contributed by atoms with E-state index >= 15 is 0 Å². The third-order valence-corrected chi connectivity index (χ3v) is 7.48. The summed E-state index contributed by atoms with van der Waals surface area (Å²) in [4.78, 5) is 0. The number of hydrogen-bond acceptors (Lipinski definition) is 7. The van der Waals surface area contributed by atoms with Crippen molar-refractivity contribution in [3.8, 4) is 0 Å². The Balaban J connectivity index is 1.87. The Hall–Kier alpha value is -0.0631. The zero-order valence-electron chi connectivity index (χ0n) is 17.2. The molecule has 3 aliphatic heterocycles. The third-order valence-electron chi connectivity index (χ3n) is 4.96. The first-order valence-electron chi connectivity index (χ1n) is 9.46. The molecule has 3 rings (SSSR count). The van der Waals surface area contributed by atoms with Crippen LogP contribution in [0.5, 0.6) is 0 Å². The Morgan fingerprint density at radius 3 is 2.23 bits per heavy atom. The van der Waals surface area contributed by atoms with Crippen molar-refractivity contribution in [2.24, 2.45) is 0 Å². The van der Waals surface area contributed by atoms with Gasteiger partial charge in [-0.1, -0.05) is 0 Å². The quantitative estimate of drug-likeness (QED) is 0.722. The molecule has 1 N–H and O–H groups in total. The van der Waals surface area contributed by atoms with Gasteiger partial charge in [-0.25, -0.2) is 0 Å². The van der Waals surface area contributed by atoms with Gasteiger partial charge in [0.05, 0.1) is 6.61 Å². The highest BCUT2D eigenvalue weighted by atomic mass is 28.4. The Morgan fingerprint density at radius 1 is 1.04 bits per heavy atom. The van der Waals surface area contributed by atoms with Crippen molar-refractivity contribution in [1.82, 2.24) is 0 Å². The maximum Gasteiger partial charge on any atom is 0.190 e. The van der Waals surface area contributed by atoms with Crippen LogP contribution in [0.4, 0.5) is 0 Å². The van der Waals surface area contributed by atoms with Crippen LogP contribution in [0.1, 0.15) is 41.5 Å². The van der Waals surface area contributed by atoms with Gasteiger partial charge in [0.15, 0.2) is 26.2 Å². The molecule has 3 aliphatic rings. The van der Waals surface area contributed by atoms with E-state index in [0.29, 0.717) is 12.7 Å². The smallest absolute Gasteiger partial charge is 0.190 e. The molecule has 0 bridgehead atoms. The van der Waals surface area contributed by atoms with Crippen LogP contribution in [-0.4, -0.2) is 67.9 Å². The summed E-state index contributed by atoms with van der Waals surface area (Å²) < 4.78 is 35.9. The summed E-state index contributed by atoms with van der Waals surface area (Å²) in [5.74, 6) is -1.50. The van der Waals surface area contributed by atoms with Crippen molar-refractivity contribution < 1.29 is 33.2 Å². The molecule has 0 aromatic carbocycles. The van der Waals surface area contributed by atoms with E-state index in [2.05, 4.69) is 13.1 Å². The van der Waals surface area contributed by atoms with Crippen LogP contribution < -0.4 is 0 Å². The van der Waals surface area contributed by atoms with Gasteiger partial charge in [-0.05, 0) is 54.6 Å². The van der Waals surface area contributed by atoms with E-state index in [0.717, 1.165) is 0 Å². The second kappa shape index (κ2) is 6.49. The van der Waals surface area contributed by atoms with Gasteiger partial charge in [0.2, 0.25) is 0 Å². The molecule has 0 spiro atoms. The van der Waals surface area contributed by atoms with E-state index in [-0.39, 0.29) is 12.2 Å². The normalized spacial score (nSPS) is 41.8. The van der Waals surface area contributed by atoms with Gasteiger partial charge < -0.3 is 33.2 Å². The molecule has 7 nitrogen and oxygen atoms in total. The van der Waals surface area contributed by atoms with Crippen LogP contribution in [0.3, 0.4) is 0 Å². The van der Waals surface area contributed by atoms with Crippen molar-refractivity contribution in [1.29, 1.82) is 0 Å². The standard InChI is InChI=1S/C18H34O7Si/c1-11(2)25-26(7,8)10-18(19)13(12-9-20-16(3,4)22-12)21-15-14(18)23-17(5,6)24-15/h11-15,19H,9-10H2,1-8H3/t12-,13-,14+,15-,18-/m1/s1. The predicted octanol–water partition coefficient (Wildman–Crippen LogP) is 2.38. The summed E-state index contributed by atoms with van der Waals surface area (Å²) in [6, 6.07) is 0.462. The van der Waals surface area contributed by atoms with Crippen molar-refractivity contribution in [2.75, 3.05) is 6.61 Å². The van der Waals surface area contributed by atoms with Gasteiger partial charge in [0.1, 0.15) is 23.9 Å². The van der Waals surface area contributed by atoms with E-state index < -0.39 is 44.0 Å². The van der Waals surface area contributed by atoms with Crippen molar-refractivity contribution in [3.05, 3.63) is 0 Å². The maximum atomic E-state index is 11.8. The summed E-state index contributed by atoms with van der Waals surface area (Å²) in [5.41, 5.74) is -1.27. The van der Waals surface area contributed by atoms with E-state index in [1.54, 1.807) is 0 Å². The molecular weight excluding hydrogens is 356 g/mol. The summed E-state index contributed by atoms with van der Waals surface area (Å²) in [5, 5.41) is 11.8. The monoisotopic (exact) mass is 390 g/mol. The third kappa shape index (κ3) is 4.02. The van der Waals surface area contributed by atoms with Crippen LogP contribution >= 0.6 is 0 Å². The fourth-order valence-corrected chi connectivity index (χ4v) is 7.55. The molecule has 3 saturated heterocycles. The SMILES string of the molecule is CC(C)O[Si](C)(C)C[C@@]1(O)[C@@H]([C@H]2COC(C)(C)O2)O[C@@H]2OC(C)(C)O[C@@H]21. The number of aliphatic hydroxyl groups is 1. The fraction of sp³-hybridized carbons (Fsp3) is 1.00. The Kier molecular flexibility index (Phi) is 5.15. The number of rotatable bonds is 5. The van der Waals surface area contributed by atoms with E-state index in [4.69, 9.17) is 28.1 Å². The molecule has 152 valence electrons. The van der Waals surface area contributed by atoms with Gasteiger partial charge in [0.25, 0.3) is 0 Å². The van der Waals surface area contributed by atoms with Crippen molar-refractivity contribution in [3.63, 3.8) is 0 Å². The van der Waals surface area contributed by atoms with Gasteiger partial charge in [0, 0.05) is 12.1 Å². The van der Waals surface area contributed by atoms with E-state index in [1.165, 1.54) is 0 Å². The second-order valence-electron chi connectivity index (χ2n) is 9.44. The summed E-state index contributed by atoms with van der Waals surface area (Å²) in [6.07, 6.45) is -2.11. The lowest BCUT2D eigenvalue weighted by Gasteiger charge is -2.40. The topological polar surface area (TPSA) is 75.6 Å². The van der Waals surface area contributed by atoms with E-state index in [1.807, 2.05) is 41.5 Å². The molecule has 26 heavy (non-hydrogen) atoms. The summed E-state index contributed by atoms with van der Waals surface area (Å²) in [6.45, 7) is 16.0. The lowest BCUT2D eigenvalue weighted by Crippen LogP contribution is -2.58. The average molecular weight is 391 g/mol. The minimum absolute atomic E-state index is 0.0963. The van der Waals surface area contributed by atoms with Crippen LogP contribution in [0.25, 0.3) is 0 Å². The minimum Gasteiger partial charge on any atom is -0.415 e. The zero-order chi connectivity index (χ0) is 19.5. The first-order valence-corrected chi connectivity index (χ1v) is 12.6. The van der Waals surface area contributed by atoms with Crippen LogP contribution in [0, 0.1) is 0 Å². The maximum absolute atomic E-state index is 11.8. The lowest BCUT2D eigenvalue weighted by molar-refractivity contribution is -0.245. The molecule has 0 aliphatic carbocycles. The van der Waals surface area contributed by atoms with Gasteiger partial charge in [-0.2, -0.15) is 0 Å². The van der Waals surface area contributed by atoms with Gasteiger partial charge in [-0.15, -0.1) is 0 Å². The molecule has 0 aromatic rings. The molecule has 3 fully saturated rings. The Morgan fingerprint density at radius 2 is 1.69 bits per heavy atom. The number of ether oxygens (including phenoxy) is 5. The van der Waals surface area contributed by atoms with Crippen molar-refractivity contribution >= 4 is 8.32 Å². The Labute approximate surface area is 157 Å². The van der Waals surface area contributed by atoms with Crippen LogP contribution in [-0.2, 0) is 28.1 Å². The highest BCUT2D eigenvalue weighted by Gasteiger charge is 2.67. The number of hydrogen-bond donors (Lipinski definition) is 1. The van der Waals surface area contributed by atoms with Crippen LogP contribution in [0.2, 0.25) is 19.1 Å². The molecule has 0 amide bonds. The molecule has 0 unspecified atom stereocenters. The largest absolute Gasteiger partial charge is 0.415 e. The molecule has 8 heteroatoms. The van der Waals surface area contributed by atoms with Gasteiger partial charge >= 0.3 is 0 Å². The average Bonchev–Trinajstić information content (AvgIpc) is 2.99. The number of fused-ring (bicyclic) bond motifs is 1. The molecule has 0 saturated carbocycles. The van der Waals surface area contributed by atoms with Crippen molar-refractivity contribution in [2.45, 2.75) is 109 Å². The molecular formula is C18H34O7Si. The summed E-state index contributed by atoms with van der Waals surface area (Å²) in [7, 11) is -2.20. The van der Waals surface area contributed by atoms with Crippen LogP contribution in [0.15, 0.2) is 0 Å². The lowest BCUT2D eigenvalue weighted by atomic mass is 9.91. The predicted molar refractivity (Wildman–Crippen MR) is 97.1 cm³/mol. The highest BCUT2D eigenvalue weighted by molar-refractivity contribution is 6.71. The van der Waals surface area contributed by atoms with E-state index in [9.17, 15) is 5.11 Å². The van der Waals surface area contributed by atoms with Gasteiger partial charge in [-0.3, -0.25) is 0 Å². The molecule has 5 atom stereocenters. The molecule has 0 radical (unpaired) electrons. The fourth-order valence-electron chi connectivity index (χ4n) is 4.43. The zero-order valence-corrected chi connectivity index (χ0v) is 18.2. The molecule has 3 heterocycles. The highest BCUT2D eigenvalue weighted by Crippen LogP contribution is 2.49. The second-order valence-corrected chi connectivity index (χ2v) is 13.6. The first kappa shape index (κ1) is 20.7. The minimum atomic E-state index is -2.20. The summed E-state index contributed by atoms with van der Waals surface area (Å²) >= 11 is 0. The first-order chi connectivity index (χ1) is 11.7.